The van der Waals surface area contributed by atoms with Crippen LogP contribution >= 0.6 is 0 Å². The molecule has 1 amide bonds. The Kier molecular flexibility index (Phi) is 3.31. The number of aromatic amines is 1. The molecule has 26 heavy (non-hydrogen) atoms. The first-order chi connectivity index (χ1) is 12.5. The molecule has 3 saturated heterocycles. The molecule has 3 aliphatic heterocycles. The maximum Gasteiger partial charge on any atom is 0.246 e. The zero-order valence-electron chi connectivity index (χ0n) is 13.9. The molecule has 1 aromatic carbocycles. The number of carbonyl (C=O) groups is 1. The fourth-order valence-electron chi connectivity index (χ4n) is 4.53. The van der Waals surface area contributed by atoms with Crippen LogP contribution in [0.4, 0.5) is 0 Å². The first-order valence-electron chi connectivity index (χ1n) is 8.56. The second-order valence-corrected chi connectivity index (χ2v) is 8.76. The van der Waals surface area contributed by atoms with Crippen molar-refractivity contribution in [2.75, 3.05) is 13.2 Å². The number of H-pyrrole nitrogens is 1. The zero-order valence-corrected chi connectivity index (χ0v) is 14.7. The molecule has 0 bridgehead atoms. The summed E-state index contributed by atoms with van der Waals surface area (Å²) in [6.45, 7) is 0.704. The molecule has 4 heterocycles. The van der Waals surface area contributed by atoms with Crippen LogP contribution in [0.5, 0.6) is 0 Å². The van der Waals surface area contributed by atoms with E-state index in [1.54, 1.807) is 4.90 Å². The summed E-state index contributed by atoms with van der Waals surface area (Å²) in [5, 5.41) is 6.27. The van der Waals surface area contributed by atoms with Gasteiger partial charge in [0.05, 0.1) is 24.9 Å². The lowest BCUT2D eigenvalue weighted by atomic mass is 10.0. The van der Waals surface area contributed by atoms with Crippen LogP contribution in [0.1, 0.15) is 24.4 Å². The number of hydrogen-bond donors (Lipinski definition) is 1. The van der Waals surface area contributed by atoms with Crippen LogP contribution in [0.2, 0.25) is 0 Å². The van der Waals surface area contributed by atoms with Crippen molar-refractivity contribution in [2.24, 2.45) is 0 Å². The first kappa shape index (κ1) is 16.0. The molecule has 0 saturated carbocycles. The number of aromatic nitrogens is 2. The molecule has 136 valence electrons. The van der Waals surface area contributed by atoms with Gasteiger partial charge >= 0.3 is 0 Å². The lowest BCUT2D eigenvalue weighted by Gasteiger charge is -2.33. The van der Waals surface area contributed by atoms with E-state index in [1.807, 2.05) is 30.3 Å². The highest BCUT2D eigenvalue weighted by molar-refractivity contribution is 7.89. The summed E-state index contributed by atoms with van der Waals surface area (Å²) >= 11 is 0. The number of rotatable bonds is 3. The molecule has 0 unspecified atom stereocenters. The maximum atomic E-state index is 13.0. The lowest BCUT2D eigenvalue weighted by Crippen LogP contribution is -2.49. The standard InChI is InChI=1S/C17H18N4O4S/c22-16-8-15-17(6-7-20(15)26(23,24)13-9-18-19-10-13)21(16)14(11-25-17)12-4-2-1-3-5-12/h1-5,9-10,14-15H,6-8,11H2,(H,18,19)/t14-,15+,17-/m0/s1. The Bertz CT molecular complexity index is 946. The molecule has 8 nitrogen and oxygen atoms in total. The Morgan fingerprint density at radius 3 is 2.81 bits per heavy atom. The van der Waals surface area contributed by atoms with E-state index >= 15 is 0 Å². The van der Waals surface area contributed by atoms with Gasteiger partial charge in [0.15, 0.2) is 5.72 Å². The Morgan fingerprint density at radius 1 is 1.27 bits per heavy atom. The van der Waals surface area contributed by atoms with Crippen molar-refractivity contribution >= 4 is 15.9 Å². The van der Waals surface area contributed by atoms with E-state index in [2.05, 4.69) is 10.2 Å². The molecule has 1 spiro atoms. The summed E-state index contributed by atoms with van der Waals surface area (Å²) < 4.78 is 33.5. The van der Waals surface area contributed by atoms with E-state index in [0.29, 0.717) is 19.6 Å². The first-order valence-corrected chi connectivity index (χ1v) is 10.00. The van der Waals surface area contributed by atoms with E-state index in [4.69, 9.17) is 4.74 Å². The molecular weight excluding hydrogens is 356 g/mol. The monoisotopic (exact) mass is 374 g/mol. The highest BCUT2D eigenvalue weighted by Crippen LogP contribution is 2.52. The van der Waals surface area contributed by atoms with Gasteiger partial charge in [0.2, 0.25) is 15.9 Å². The Balaban J connectivity index is 1.52. The summed E-state index contributed by atoms with van der Waals surface area (Å²) in [6.07, 6.45) is 3.26. The molecule has 3 atom stereocenters. The predicted molar refractivity (Wildman–Crippen MR) is 90.2 cm³/mol. The van der Waals surface area contributed by atoms with Crippen LogP contribution in [0.15, 0.2) is 47.6 Å². The number of nitrogens with zero attached hydrogens (tertiary/aromatic N) is 3. The van der Waals surface area contributed by atoms with Gasteiger partial charge in [0.25, 0.3) is 0 Å². The fourth-order valence-corrected chi connectivity index (χ4v) is 6.10. The van der Waals surface area contributed by atoms with Crippen LogP contribution in [-0.4, -0.2) is 58.6 Å². The van der Waals surface area contributed by atoms with E-state index in [1.165, 1.54) is 16.7 Å². The lowest BCUT2D eigenvalue weighted by molar-refractivity contribution is -0.138. The van der Waals surface area contributed by atoms with Crippen molar-refractivity contribution in [1.29, 1.82) is 0 Å². The quantitative estimate of drug-likeness (QED) is 0.860. The number of hydrogen-bond acceptors (Lipinski definition) is 5. The molecule has 1 N–H and O–H groups in total. The zero-order chi connectivity index (χ0) is 17.9. The van der Waals surface area contributed by atoms with Gasteiger partial charge in [-0.2, -0.15) is 9.40 Å². The van der Waals surface area contributed by atoms with Gasteiger partial charge < -0.3 is 9.64 Å². The van der Waals surface area contributed by atoms with Gasteiger partial charge in [-0.15, -0.1) is 0 Å². The van der Waals surface area contributed by atoms with Crippen LogP contribution in [0, 0.1) is 0 Å². The minimum absolute atomic E-state index is 0.0616. The van der Waals surface area contributed by atoms with Crippen LogP contribution < -0.4 is 0 Å². The number of ether oxygens (including phenoxy) is 1. The summed E-state index contributed by atoms with van der Waals surface area (Å²) in [5.41, 5.74) is 0.142. The van der Waals surface area contributed by atoms with E-state index < -0.39 is 21.8 Å². The number of amides is 1. The molecule has 3 fully saturated rings. The molecule has 0 aliphatic carbocycles. The molecule has 1 aromatic heterocycles. The minimum atomic E-state index is -3.72. The SMILES string of the molecule is O=C1C[C@H]2N(S(=O)(=O)c3cn[nH]c3)CC[C@]23OC[C@@H](c2ccccc2)N13. The second-order valence-electron chi connectivity index (χ2n) is 6.87. The molecular formula is C17H18N4O4S. The Hall–Kier alpha value is -2.23. The largest absolute Gasteiger partial charge is 0.351 e. The summed E-state index contributed by atoms with van der Waals surface area (Å²) in [4.78, 5) is 14.7. The van der Waals surface area contributed by atoms with Crippen LogP contribution in [0.25, 0.3) is 0 Å². The van der Waals surface area contributed by atoms with Crippen molar-refractivity contribution in [3.8, 4) is 0 Å². The van der Waals surface area contributed by atoms with Gasteiger partial charge in [0.1, 0.15) is 4.90 Å². The van der Waals surface area contributed by atoms with Gasteiger partial charge in [-0.1, -0.05) is 30.3 Å². The van der Waals surface area contributed by atoms with Gasteiger partial charge in [-0.25, -0.2) is 8.42 Å². The topological polar surface area (TPSA) is 95.6 Å². The summed E-state index contributed by atoms with van der Waals surface area (Å²) in [5.74, 6) is -0.0616. The third kappa shape index (κ3) is 1.99. The van der Waals surface area contributed by atoms with E-state index in [9.17, 15) is 13.2 Å². The second kappa shape index (κ2) is 5.38. The van der Waals surface area contributed by atoms with Crippen molar-refractivity contribution in [2.45, 2.75) is 35.5 Å². The van der Waals surface area contributed by atoms with Crippen molar-refractivity contribution in [1.82, 2.24) is 19.4 Å². The maximum absolute atomic E-state index is 13.0. The third-order valence-corrected chi connectivity index (χ3v) is 7.54. The normalized spacial score (nSPS) is 31.4. The third-order valence-electron chi connectivity index (χ3n) is 5.67. The Labute approximate surface area is 150 Å². The average molecular weight is 374 g/mol. The average Bonchev–Trinajstić information content (AvgIpc) is 3.38. The van der Waals surface area contributed by atoms with Crippen molar-refractivity contribution in [3.63, 3.8) is 0 Å². The minimum Gasteiger partial charge on any atom is -0.351 e. The molecule has 0 radical (unpaired) electrons. The highest BCUT2D eigenvalue weighted by Gasteiger charge is 2.66. The van der Waals surface area contributed by atoms with Crippen LogP contribution in [0.3, 0.4) is 0 Å². The van der Waals surface area contributed by atoms with Gasteiger partial charge in [0, 0.05) is 25.6 Å². The number of nitrogens with one attached hydrogen (secondary N) is 1. The number of sulfonamides is 1. The summed E-state index contributed by atoms with van der Waals surface area (Å²) in [7, 11) is -3.72. The number of benzene rings is 1. The van der Waals surface area contributed by atoms with Crippen molar-refractivity contribution < 1.29 is 17.9 Å². The number of carbonyl (C=O) groups excluding carboxylic acids is 1. The smallest absolute Gasteiger partial charge is 0.246 e. The fraction of sp³-hybridized carbons (Fsp3) is 0.412. The van der Waals surface area contributed by atoms with E-state index in [-0.39, 0.29) is 23.3 Å². The van der Waals surface area contributed by atoms with E-state index in [0.717, 1.165) is 5.56 Å². The van der Waals surface area contributed by atoms with Crippen molar-refractivity contribution in [3.05, 3.63) is 48.3 Å². The molecule has 2 aromatic rings. The highest BCUT2D eigenvalue weighted by atomic mass is 32.2. The predicted octanol–water partition coefficient (Wildman–Crippen LogP) is 0.873. The molecule has 3 aliphatic rings. The van der Waals surface area contributed by atoms with Crippen LogP contribution in [-0.2, 0) is 19.6 Å². The summed E-state index contributed by atoms with van der Waals surface area (Å²) in [6, 6.07) is 9.06. The molecule has 5 rings (SSSR count). The molecule has 9 heteroatoms. The van der Waals surface area contributed by atoms with Gasteiger partial charge in [-0.3, -0.25) is 9.89 Å². The Morgan fingerprint density at radius 2 is 2.08 bits per heavy atom. The van der Waals surface area contributed by atoms with Gasteiger partial charge in [-0.05, 0) is 5.56 Å².